The Labute approximate surface area is 110 Å². The standard InChI is InChI=1S/C15H26N2O/c1-15(16)10-3-2-7-13(15)14(18)17-11-5-4-6-12(17)9-8-11/h11-13H,2-10,16H2,1H3. The maximum Gasteiger partial charge on any atom is 0.228 e. The second kappa shape index (κ2) is 4.52. The molecule has 1 aliphatic carbocycles. The minimum atomic E-state index is -0.272. The predicted molar refractivity (Wildman–Crippen MR) is 72.1 cm³/mol. The largest absolute Gasteiger partial charge is 0.336 e. The molecular weight excluding hydrogens is 224 g/mol. The summed E-state index contributed by atoms with van der Waals surface area (Å²) in [4.78, 5) is 15.1. The number of hydrogen-bond donors (Lipinski definition) is 1. The third kappa shape index (κ3) is 1.97. The molecule has 3 rings (SSSR count). The predicted octanol–water partition coefficient (Wildman–Crippen LogP) is 2.44. The quantitative estimate of drug-likeness (QED) is 0.777. The van der Waals surface area contributed by atoms with E-state index in [0.29, 0.717) is 18.0 Å². The molecular formula is C15H26N2O. The Morgan fingerprint density at radius 2 is 1.72 bits per heavy atom. The molecule has 1 saturated carbocycles. The molecule has 2 N–H and O–H groups in total. The zero-order valence-corrected chi connectivity index (χ0v) is 11.5. The van der Waals surface area contributed by atoms with Crippen molar-refractivity contribution in [1.82, 2.24) is 4.90 Å². The van der Waals surface area contributed by atoms with E-state index in [2.05, 4.69) is 11.8 Å². The Morgan fingerprint density at radius 1 is 1.06 bits per heavy atom. The number of nitrogens with two attached hydrogens (primary N) is 1. The van der Waals surface area contributed by atoms with Crippen LogP contribution in [0.4, 0.5) is 0 Å². The van der Waals surface area contributed by atoms with Gasteiger partial charge in [0, 0.05) is 17.6 Å². The molecule has 102 valence electrons. The first kappa shape index (κ1) is 12.5. The highest BCUT2D eigenvalue weighted by atomic mass is 16.2. The van der Waals surface area contributed by atoms with Crippen molar-refractivity contribution >= 4 is 5.91 Å². The van der Waals surface area contributed by atoms with Crippen LogP contribution in [0.1, 0.15) is 64.7 Å². The number of amides is 1. The van der Waals surface area contributed by atoms with Crippen molar-refractivity contribution in [1.29, 1.82) is 0 Å². The summed E-state index contributed by atoms with van der Waals surface area (Å²) < 4.78 is 0. The lowest BCUT2D eigenvalue weighted by atomic mass is 9.73. The lowest BCUT2D eigenvalue weighted by Gasteiger charge is -2.43. The van der Waals surface area contributed by atoms with Crippen molar-refractivity contribution in [3.63, 3.8) is 0 Å². The monoisotopic (exact) mass is 250 g/mol. The van der Waals surface area contributed by atoms with E-state index >= 15 is 0 Å². The van der Waals surface area contributed by atoms with Gasteiger partial charge in [0.15, 0.2) is 0 Å². The van der Waals surface area contributed by atoms with Crippen LogP contribution in [0, 0.1) is 5.92 Å². The van der Waals surface area contributed by atoms with Crippen molar-refractivity contribution in [2.75, 3.05) is 0 Å². The highest BCUT2D eigenvalue weighted by molar-refractivity contribution is 5.81. The fourth-order valence-corrected chi connectivity index (χ4v) is 4.42. The smallest absolute Gasteiger partial charge is 0.228 e. The first-order valence-electron chi connectivity index (χ1n) is 7.70. The summed E-state index contributed by atoms with van der Waals surface area (Å²) in [6.45, 7) is 2.08. The van der Waals surface area contributed by atoms with Crippen LogP contribution in [0.2, 0.25) is 0 Å². The molecule has 3 nitrogen and oxygen atoms in total. The Hall–Kier alpha value is -0.570. The second-order valence-electron chi connectivity index (χ2n) is 6.87. The van der Waals surface area contributed by atoms with Crippen LogP contribution < -0.4 is 5.73 Å². The number of piperidine rings is 1. The minimum absolute atomic E-state index is 0.0763. The van der Waals surface area contributed by atoms with E-state index in [-0.39, 0.29) is 11.5 Å². The summed E-state index contributed by atoms with van der Waals surface area (Å²) in [6, 6.07) is 1.07. The fraction of sp³-hybridized carbons (Fsp3) is 0.933. The molecule has 2 bridgehead atoms. The van der Waals surface area contributed by atoms with E-state index in [1.54, 1.807) is 0 Å². The fourth-order valence-electron chi connectivity index (χ4n) is 4.42. The summed E-state index contributed by atoms with van der Waals surface area (Å²) in [6.07, 6.45) is 10.6. The maximum atomic E-state index is 12.9. The van der Waals surface area contributed by atoms with Crippen molar-refractivity contribution < 1.29 is 4.79 Å². The van der Waals surface area contributed by atoms with Crippen LogP contribution in [0.3, 0.4) is 0 Å². The lowest BCUT2D eigenvalue weighted by molar-refractivity contribution is -0.143. The van der Waals surface area contributed by atoms with Gasteiger partial charge in [-0.1, -0.05) is 12.8 Å². The van der Waals surface area contributed by atoms with Crippen LogP contribution in [0.25, 0.3) is 0 Å². The van der Waals surface area contributed by atoms with Crippen LogP contribution >= 0.6 is 0 Å². The van der Waals surface area contributed by atoms with E-state index in [1.807, 2.05) is 0 Å². The summed E-state index contributed by atoms with van der Waals surface area (Å²) in [5.41, 5.74) is 6.12. The van der Waals surface area contributed by atoms with E-state index < -0.39 is 0 Å². The number of nitrogens with zero attached hydrogens (tertiary/aromatic N) is 1. The number of carbonyl (C=O) groups is 1. The minimum Gasteiger partial charge on any atom is -0.336 e. The molecule has 1 amide bonds. The molecule has 4 unspecified atom stereocenters. The van der Waals surface area contributed by atoms with Gasteiger partial charge in [-0.15, -0.1) is 0 Å². The zero-order chi connectivity index (χ0) is 12.8. The van der Waals surface area contributed by atoms with E-state index in [0.717, 1.165) is 12.8 Å². The van der Waals surface area contributed by atoms with Crippen LogP contribution in [-0.2, 0) is 4.79 Å². The summed E-state index contributed by atoms with van der Waals surface area (Å²) in [7, 11) is 0. The Bertz CT molecular complexity index is 319. The van der Waals surface area contributed by atoms with E-state index in [9.17, 15) is 4.79 Å². The van der Waals surface area contributed by atoms with Crippen LogP contribution in [0.5, 0.6) is 0 Å². The molecule has 0 spiro atoms. The first-order valence-corrected chi connectivity index (χ1v) is 7.70. The molecule has 2 saturated heterocycles. The Morgan fingerprint density at radius 3 is 2.33 bits per heavy atom. The van der Waals surface area contributed by atoms with Gasteiger partial charge < -0.3 is 10.6 Å². The van der Waals surface area contributed by atoms with Gasteiger partial charge in [0.05, 0.1) is 5.92 Å². The highest BCUT2D eigenvalue weighted by Gasteiger charge is 2.46. The van der Waals surface area contributed by atoms with E-state index in [1.165, 1.54) is 44.9 Å². The van der Waals surface area contributed by atoms with Crippen LogP contribution in [0.15, 0.2) is 0 Å². The Kier molecular flexibility index (Phi) is 3.13. The molecule has 0 radical (unpaired) electrons. The molecule has 3 fully saturated rings. The molecule has 0 aromatic heterocycles. The number of carbonyl (C=O) groups excluding carboxylic acids is 1. The topological polar surface area (TPSA) is 46.3 Å². The molecule has 0 aromatic rings. The third-order valence-electron chi connectivity index (χ3n) is 5.50. The summed E-state index contributed by atoms with van der Waals surface area (Å²) >= 11 is 0. The summed E-state index contributed by atoms with van der Waals surface area (Å²) in [5.74, 6) is 0.458. The van der Waals surface area contributed by atoms with Crippen LogP contribution in [-0.4, -0.2) is 28.4 Å². The van der Waals surface area contributed by atoms with Crippen molar-refractivity contribution in [3.05, 3.63) is 0 Å². The molecule has 0 aromatic carbocycles. The third-order valence-corrected chi connectivity index (χ3v) is 5.50. The average molecular weight is 250 g/mol. The number of hydrogen-bond acceptors (Lipinski definition) is 2. The average Bonchev–Trinajstić information content (AvgIpc) is 2.58. The van der Waals surface area contributed by atoms with E-state index in [4.69, 9.17) is 5.73 Å². The highest BCUT2D eigenvalue weighted by Crippen LogP contribution is 2.40. The molecule has 3 heteroatoms. The Balaban J connectivity index is 1.77. The van der Waals surface area contributed by atoms with Gasteiger partial charge in [-0.3, -0.25) is 4.79 Å². The van der Waals surface area contributed by atoms with Gasteiger partial charge in [0.1, 0.15) is 0 Å². The zero-order valence-electron chi connectivity index (χ0n) is 11.5. The number of rotatable bonds is 1. The lowest BCUT2D eigenvalue weighted by Crippen LogP contribution is -2.56. The van der Waals surface area contributed by atoms with Crippen molar-refractivity contribution in [2.45, 2.75) is 82.3 Å². The molecule has 2 aliphatic heterocycles. The van der Waals surface area contributed by atoms with Gasteiger partial charge in [-0.2, -0.15) is 0 Å². The van der Waals surface area contributed by atoms with Gasteiger partial charge in [0.25, 0.3) is 0 Å². The van der Waals surface area contributed by atoms with Gasteiger partial charge in [0.2, 0.25) is 5.91 Å². The van der Waals surface area contributed by atoms with Crippen molar-refractivity contribution in [2.24, 2.45) is 11.7 Å². The van der Waals surface area contributed by atoms with Gasteiger partial charge in [-0.05, 0) is 51.9 Å². The number of fused-ring (bicyclic) bond motifs is 2. The second-order valence-corrected chi connectivity index (χ2v) is 6.87. The first-order chi connectivity index (χ1) is 8.59. The molecule has 18 heavy (non-hydrogen) atoms. The molecule has 3 aliphatic rings. The van der Waals surface area contributed by atoms with Gasteiger partial charge in [-0.25, -0.2) is 0 Å². The normalized spacial score (nSPS) is 44.1. The van der Waals surface area contributed by atoms with Crippen molar-refractivity contribution in [3.8, 4) is 0 Å². The SMILES string of the molecule is CC1(N)CCCCC1C(=O)N1C2CCCC1CC2. The summed E-state index contributed by atoms with van der Waals surface area (Å²) in [5, 5.41) is 0. The maximum absolute atomic E-state index is 12.9. The molecule has 4 atom stereocenters. The molecule has 2 heterocycles. The van der Waals surface area contributed by atoms with Gasteiger partial charge >= 0.3 is 0 Å².